The van der Waals surface area contributed by atoms with Gasteiger partial charge in [0.1, 0.15) is 0 Å². The van der Waals surface area contributed by atoms with Gasteiger partial charge in [-0.2, -0.15) is 0 Å². The van der Waals surface area contributed by atoms with Crippen LogP contribution in [-0.2, 0) is 33.6 Å². The zero-order chi connectivity index (χ0) is 28.2. The van der Waals surface area contributed by atoms with Crippen LogP contribution in [0.2, 0.25) is 0 Å². The van der Waals surface area contributed by atoms with Crippen molar-refractivity contribution >= 4 is 17.6 Å². The molecule has 1 aliphatic carbocycles. The molecule has 0 N–H and O–H groups in total. The van der Waals surface area contributed by atoms with Crippen molar-refractivity contribution in [2.75, 3.05) is 31.1 Å². The van der Waals surface area contributed by atoms with Crippen LogP contribution in [-0.4, -0.2) is 66.9 Å². The molecule has 0 aromatic heterocycles. The van der Waals surface area contributed by atoms with Crippen LogP contribution in [0.25, 0.3) is 0 Å². The summed E-state index contributed by atoms with van der Waals surface area (Å²) in [5, 5.41) is 0. The Kier molecular flexibility index (Phi) is 7.38. The Balaban J connectivity index is 1.04. The zero-order valence-corrected chi connectivity index (χ0v) is 24.5. The van der Waals surface area contributed by atoms with Gasteiger partial charge in [0.25, 0.3) is 0 Å². The lowest BCUT2D eigenvalue weighted by atomic mass is 9.58. The van der Waals surface area contributed by atoms with E-state index in [0.29, 0.717) is 19.0 Å². The molecule has 8 atom stereocenters. The average molecular weight is 557 g/mol. The third-order valence-corrected chi connectivity index (χ3v) is 10.2. The lowest BCUT2D eigenvalue weighted by Gasteiger charge is -2.59. The summed E-state index contributed by atoms with van der Waals surface area (Å²) in [5.41, 5.74) is 3.02. The molecule has 1 aromatic carbocycles. The number of esters is 1. The molecule has 6 aliphatic rings. The van der Waals surface area contributed by atoms with Crippen LogP contribution in [0, 0.1) is 37.5 Å². The van der Waals surface area contributed by atoms with E-state index in [1.807, 2.05) is 11.8 Å². The Morgan fingerprint density at radius 2 is 1.77 bits per heavy atom. The van der Waals surface area contributed by atoms with Crippen molar-refractivity contribution < 1.29 is 33.6 Å². The van der Waals surface area contributed by atoms with Gasteiger partial charge in [0.05, 0.1) is 6.42 Å². The number of piperazine rings is 1. The minimum absolute atomic E-state index is 0.0128. The normalized spacial score (nSPS) is 38.9. The monoisotopic (exact) mass is 556 g/mol. The Morgan fingerprint density at radius 3 is 2.55 bits per heavy atom. The molecule has 1 amide bonds. The number of carbonyl (C=O) groups is 2. The molecular formula is C31H44N2O7. The van der Waals surface area contributed by atoms with Crippen LogP contribution < -0.4 is 4.90 Å². The standard InChI is InChI=1S/C31H44N2O7/c1-19-6-7-21(3)25(18-19)32-14-16-33(17-15-32)26(34)10-11-27(35)36-28-22(4)24-9-8-20(2)23-12-13-30(5)38-29(37-28)31(23,24)40-39-30/h6-7,18,20,22-24,28-29H,8-17H2,1-5H3/t20-,22-,23-,24-,28-,29-,30+,31-/m1/s1. The van der Waals surface area contributed by atoms with E-state index in [4.69, 9.17) is 24.0 Å². The molecule has 0 radical (unpaired) electrons. The third kappa shape index (κ3) is 4.82. The molecule has 5 heterocycles. The highest BCUT2D eigenvalue weighted by Gasteiger charge is 2.69. The molecule has 6 fully saturated rings. The number of amides is 1. The zero-order valence-electron chi connectivity index (χ0n) is 24.5. The summed E-state index contributed by atoms with van der Waals surface area (Å²) in [6, 6.07) is 6.47. The second kappa shape index (κ2) is 10.6. The van der Waals surface area contributed by atoms with E-state index in [1.165, 1.54) is 16.8 Å². The van der Waals surface area contributed by atoms with Gasteiger partial charge in [-0.15, -0.1) is 0 Å². The minimum Gasteiger partial charge on any atom is -0.435 e. The number of anilines is 1. The summed E-state index contributed by atoms with van der Waals surface area (Å²) in [5.74, 6) is -0.579. The Labute approximate surface area is 237 Å². The fourth-order valence-electron chi connectivity index (χ4n) is 7.82. The molecule has 9 heteroatoms. The Hall–Kier alpha value is -2.20. The molecular weight excluding hydrogens is 512 g/mol. The summed E-state index contributed by atoms with van der Waals surface area (Å²) >= 11 is 0. The highest BCUT2D eigenvalue weighted by molar-refractivity contribution is 5.81. The van der Waals surface area contributed by atoms with Crippen molar-refractivity contribution in [1.29, 1.82) is 0 Å². The van der Waals surface area contributed by atoms with Gasteiger partial charge in [-0.1, -0.05) is 26.0 Å². The number of carbonyl (C=O) groups excluding carboxylic acids is 2. The van der Waals surface area contributed by atoms with Crippen molar-refractivity contribution in [3.63, 3.8) is 0 Å². The predicted octanol–water partition coefficient (Wildman–Crippen LogP) is 4.48. The lowest BCUT2D eigenvalue weighted by molar-refractivity contribution is -0.576. The summed E-state index contributed by atoms with van der Waals surface area (Å²) in [6.07, 6.45) is 2.46. The number of hydrogen-bond donors (Lipinski definition) is 0. The largest absolute Gasteiger partial charge is 0.435 e. The summed E-state index contributed by atoms with van der Waals surface area (Å²) in [4.78, 5) is 42.1. The van der Waals surface area contributed by atoms with Gasteiger partial charge < -0.3 is 24.0 Å². The number of nitrogens with zero attached hydrogens (tertiary/aromatic N) is 2. The number of hydrogen-bond acceptors (Lipinski definition) is 8. The first kappa shape index (κ1) is 27.9. The van der Waals surface area contributed by atoms with Gasteiger partial charge in [-0.3, -0.25) is 9.59 Å². The quantitative estimate of drug-likeness (QED) is 0.388. The number of ether oxygens (including phenoxy) is 3. The van der Waals surface area contributed by atoms with E-state index in [9.17, 15) is 9.59 Å². The maximum atomic E-state index is 13.0. The van der Waals surface area contributed by atoms with Crippen molar-refractivity contribution in [3.8, 4) is 0 Å². The maximum absolute atomic E-state index is 13.0. The lowest BCUT2D eigenvalue weighted by Crippen LogP contribution is -2.70. The molecule has 2 bridgehead atoms. The molecule has 1 saturated carbocycles. The van der Waals surface area contributed by atoms with Crippen LogP contribution in [0.4, 0.5) is 5.69 Å². The summed E-state index contributed by atoms with van der Waals surface area (Å²) in [6.45, 7) is 13.3. The highest BCUT2D eigenvalue weighted by Crippen LogP contribution is 2.60. The SMILES string of the molecule is Cc1ccc(C)c(N2CCN(C(=O)CCC(=O)O[C@@H]3O[C@@H]4O[C@]5(C)CC[C@@H]6[C@H](C)CC[C@H]([C@H]3C)[C@@]46OO5)CC2)c1. The van der Waals surface area contributed by atoms with Crippen molar-refractivity contribution in [1.82, 2.24) is 4.90 Å². The van der Waals surface area contributed by atoms with E-state index in [0.717, 1.165) is 38.8 Å². The topological polar surface area (TPSA) is 86.8 Å². The molecule has 5 saturated heterocycles. The molecule has 5 aliphatic heterocycles. The second-order valence-electron chi connectivity index (χ2n) is 12.9. The van der Waals surface area contributed by atoms with Gasteiger partial charge in [-0.25, -0.2) is 9.78 Å². The Morgan fingerprint density at radius 1 is 1.00 bits per heavy atom. The molecule has 40 heavy (non-hydrogen) atoms. The average Bonchev–Trinajstić information content (AvgIpc) is 3.17. The van der Waals surface area contributed by atoms with Gasteiger partial charge in [0, 0.05) is 56.5 Å². The van der Waals surface area contributed by atoms with E-state index in [1.54, 1.807) is 0 Å². The summed E-state index contributed by atoms with van der Waals surface area (Å²) in [7, 11) is 0. The van der Waals surface area contributed by atoms with E-state index in [2.05, 4.69) is 50.8 Å². The fraction of sp³-hybridized carbons (Fsp3) is 0.742. The first-order chi connectivity index (χ1) is 19.1. The molecule has 220 valence electrons. The van der Waals surface area contributed by atoms with Crippen molar-refractivity contribution in [3.05, 3.63) is 29.3 Å². The minimum atomic E-state index is -0.874. The van der Waals surface area contributed by atoms with E-state index in [-0.39, 0.29) is 36.5 Å². The van der Waals surface area contributed by atoms with E-state index < -0.39 is 29.9 Å². The molecule has 1 spiro atoms. The Bertz CT molecular complexity index is 1140. The third-order valence-electron chi connectivity index (χ3n) is 10.2. The van der Waals surface area contributed by atoms with Crippen molar-refractivity contribution in [2.24, 2.45) is 23.7 Å². The van der Waals surface area contributed by atoms with Gasteiger partial charge in [0.2, 0.25) is 18.0 Å². The summed E-state index contributed by atoms with van der Waals surface area (Å²) < 4.78 is 18.6. The fourth-order valence-corrected chi connectivity index (χ4v) is 7.82. The first-order valence-electron chi connectivity index (χ1n) is 15.1. The maximum Gasteiger partial charge on any atom is 0.308 e. The van der Waals surface area contributed by atoms with Crippen LogP contribution in [0.3, 0.4) is 0 Å². The molecule has 1 aromatic rings. The number of fused-ring (bicyclic) bond motifs is 2. The molecule has 9 nitrogen and oxygen atoms in total. The molecule has 7 rings (SSSR count). The van der Waals surface area contributed by atoms with Gasteiger partial charge in [-0.05, 0) is 69.1 Å². The van der Waals surface area contributed by atoms with Gasteiger partial charge >= 0.3 is 5.97 Å². The van der Waals surface area contributed by atoms with E-state index >= 15 is 0 Å². The second-order valence-corrected chi connectivity index (χ2v) is 12.9. The highest BCUT2D eigenvalue weighted by atomic mass is 17.3. The first-order valence-corrected chi connectivity index (χ1v) is 15.1. The van der Waals surface area contributed by atoms with Gasteiger partial charge in [0.15, 0.2) is 11.9 Å². The molecule has 0 unspecified atom stereocenters. The number of benzene rings is 1. The van der Waals surface area contributed by atoms with Crippen LogP contribution in [0.15, 0.2) is 18.2 Å². The van der Waals surface area contributed by atoms with Crippen LogP contribution in [0.1, 0.15) is 70.4 Å². The predicted molar refractivity (Wildman–Crippen MR) is 147 cm³/mol. The number of rotatable bonds is 5. The van der Waals surface area contributed by atoms with Crippen LogP contribution >= 0.6 is 0 Å². The smallest absolute Gasteiger partial charge is 0.308 e. The van der Waals surface area contributed by atoms with Crippen molar-refractivity contribution in [2.45, 2.75) is 97.1 Å². The van der Waals surface area contributed by atoms with Crippen LogP contribution in [0.5, 0.6) is 0 Å². The number of aryl methyl sites for hydroxylation is 2.